The second-order valence-electron chi connectivity index (χ2n) is 5.69. The first-order valence-corrected chi connectivity index (χ1v) is 7.82. The van der Waals surface area contributed by atoms with Crippen molar-refractivity contribution >= 4 is 5.78 Å². The number of benzene rings is 1. The number of aromatic nitrogens is 3. The number of hydrogen-bond acceptors (Lipinski definition) is 5. The molecular weight excluding hydrogens is 347 g/mol. The number of Topliss-reactive ketones (excluding diaryl/α,β-unsaturated/α-hetero) is 1. The lowest BCUT2D eigenvalue weighted by Gasteiger charge is -2.03. The third-order valence-electron chi connectivity index (χ3n) is 3.70. The quantitative estimate of drug-likeness (QED) is 0.666. The molecule has 0 aliphatic heterocycles. The largest absolute Gasteiger partial charge is 0.471 e. The molecule has 134 valence electrons. The van der Waals surface area contributed by atoms with Crippen molar-refractivity contribution < 1.29 is 22.5 Å². The molecule has 5 nitrogen and oxygen atoms in total. The average Bonchev–Trinajstić information content (AvgIpc) is 3.12. The van der Waals surface area contributed by atoms with Crippen LogP contribution in [0.25, 0.3) is 11.4 Å². The van der Waals surface area contributed by atoms with E-state index in [1.807, 2.05) is 12.1 Å². The van der Waals surface area contributed by atoms with Gasteiger partial charge in [0.25, 0.3) is 0 Å². The molecule has 0 spiro atoms. The molecule has 1 aromatic carbocycles. The Hall–Kier alpha value is -3.03. The highest BCUT2D eigenvalue weighted by Gasteiger charge is 2.38. The molecule has 0 aliphatic carbocycles. The zero-order chi connectivity index (χ0) is 18.6. The number of carbonyl (C=O) groups is 1. The Balaban J connectivity index is 1.59. The maximum Gasteiger partial charge on any atom is 0.471 e. The molecule has 3 rings (SSSR count). The fourth-order valence-corrected chi connectivity index (χ4v) is 2.37. The maximum absolute atomic E-state index is 12.5. The number of alkyl halides is 3. The van der Waals surface area contributed by atoms with Crippen LogP contribution in [0.2, 0.25) is 0 Å². The summed E-state index contributed by atoms with van der Waals surface area (Å²) < 4.78 is 41.7. The highest BCUT2D eigenvalue weighted by molar-refractivity contribution is 5.81. The lowest BCUT2D eigenvalue weighted by molar-refractivity contribution is -0.159. The van der Waals surface area contributed by atoms with Crippen LogP contribution in [0.5, 0.6) is 0 Å². The SMILES string of the molecule is O=C(CCc1cccnc1)Cc1ccc(-c2noc(C(F)(F)F)n2)cc1. The summed E-state index contributed by atoms with van der Waals surface area (Å²) in [5, 5.41) is 3.33. The standard InChI is InChI=1S/C18H14F3N3O2/c19-18(20,21)17-23-16(24-26-17)14-6-3-12(4-7-14)10-15(25)8-5-13-2-1-9-22-11-13/h1-4,6-7,9,11H,5,8,10H2. The summed E-state index contributed by atoms with van der Waals surface area (Å²) in [4.78, 5) is 19.4. The Morgan fingerprint density at radius 1 is 1.08 bits per heavy atom. The lowest BCUT2D eigenvalue weighted by Crippen LogP contribution is -2.05. The monoisotopic (exact) mass is 361 g/mol. The van der Waals surface area contributed by atoms with Crippen LogP contribution >= 0.6 is 0 Å². The Morgan fingerprint density at radius 2 is 1.85 bits per heavy atom. The Morgan fingerprint density at radius 3 is 2.46 bits per heavy atom. The van der Waals surface area contributed by atoms with Crippen molar-refractivity contribution in [1.29, 1.82) is 0 Å². The molecule has 0 aliphatic rings. The Kier molecular flexibility index (Phi) is 5.11. The van der Waals surface area contributed by atoms with E-state index in [0.29, 0.717) is 18.4 Å². The van der Waals surface area contributed by atoms with Gasteiger partial charge in [0.15, 0.2) is 0 Å². The van der Waals surface area contributed by atoms with Gasteiger partial charge in [-0.1, -0.05) is 35.5 Å². The lowest BCUT2D eigenvalue weighted by atomic mass is 10.0. The number of halogens is 3. The van der Waals surface area contributed by atoms with Gasteiger partial charge >= 0.3 is 12.1 Å². The predicted octanol–water partition coefficient (Wildman–Crippen LogP) is 3.89. The van der Waals surface area contributed by atoms with Crippen LogP contribution in [-0.4, -0.2) is 20.9 Å². The topological polar surface area (TPSA) is 68.9 Å². The zero-order valence-corrected chi connectivity index (χ0v) is 13.5. The molecule has 0 amide bonds. The smallest absolute Gasteiger partial charge is 0.329 e. The van der Waals surface area contributed by atoms with E-state index in [2.05, 4.69) is 19.6 Å². The first-order valence-electron chi connectivity index (χ1n) is 7.82. The molecule has 0 unspecified atom stereocenters. The highest BCUT2D eigenvalue weighted by Crippen LogP contribution is 2.29. The first kappa shape index (κ1) is 17.8. The summed E-state index contributed by atoms with van der Waals surface area (Å²) >= 11 is 0. The third-order valence-corrected chi connectivity index (χ3v) is 3.70. The van der Waals surface area contributed by atoms with Gasteiger partial charge in [-0.2, -0.15) is 18.2 Å². The van der Waals surface area contributed by atoms with E-state index in [9.17, 15) is 18.0 Å². The summed E-state index contributed by atoms with van der Waals surface area (Å²) in [6.45, 7) is 0. The van der Waals surface area contributed by atoms with Gasteiger partial charge in [-0.15, -0.1) is 0 Å². The first-order chi connectivity index (χ1) is 12.4. The molecule has 2 heterocycles. The van der Waals surface area contributed by atoms with Crippen molar-refractivity contribution in [3.05, 3.63) is 65.8 Å². The molecule has 26 heavy (non-hydrogen) atoms. The van der Waals surface area contributed by atoms with Crippen LogP contribution in [0, 0.1) is 0 Å². The number of hydrogen-bond donors (Lipinski definition) is 0. The molecule has 0 saturated heterocycles. The van der Waals surface area contributed by atoms with Crippen LogP contribution in [0.1, 0.15) is 23.4 Å². The molecule has 0 radical (unpaired) electrons. The minimum absolute atomic E-state index is 0.0699. The number of rotatable bonds is 6. The van der Waals surface area contributed by atoms with E-state index in [0.717, 1.165) is 11.1 Å². The van der Waals surface area contributed by atoms with Crippen LogP contribution < -0.4 is 0 Å². The van der Waals surface area contributed by atoms with Crippen molar-refractivity contribution in [2.45, 2.75) is 25.4 Å². The minimum Gasteiger partial charge on any atom is -0.329 e. The summed E-state index contributed by atoms with van der Waals surface area (Å²) in [6, 6.07) is 10.2. The average molecular weight is 361 g/mol. The van der Waals surface area contributed by atoms with Gasteiger partial charge in [0.1, 0.15) is 5.78 Å². The van der Waals surface area contributed by atoms with Crippen molar-refractivity contribution in [2.75, 3.05) is 0 Å². The van der Waals surface area contributed by atoms with Crippen molar-refractivity contribution in [3.8, 4) is 11.4 Å². The van der Waals surface area contributed by atoms with Crippen molar-refractivity contribution in [2.24, 2.45) is 0 Å². The second kappa shape index (κ2) is 7.47. The normalized spacial score (nSPS) is 11.5. The summed E-state index contributed by atoms with van der Waals surface area (Å²) in [5.74, 6) is -1.46. The molecule has 2 aromatic heterocycles. The van der Waals surface area contributed by atoms with E-state index in [-0.39, 0.29) is 18.0 Å². The summed E-state index contributed by atoms with van der Waals surface area (Å²) in [6.07, 6.45) is -0.00992. The number of pyridine rings is 1. The van der Waals surface area contributed by atoms with Gasteiger partial charge in [0.05, 0.1) is 0 Å². The van der Waals surface area contributed by atoms with Gasteiger partial charge in [-0.05, 0) is 23.6 Å². The number of nitrogens with zero attached hydrogens (tertiary/aromatic N) is 3. The van der Waals surface area contributed by atoms with Crippen LogP contribution in [-0.2, 0) is 23.8 Å². The second-order valence-corrected chi connectivity index (χ2v) is 5.69. The molecule has 0 N–H and O–H groups in total. The molecule has 3 aromatic rings. The van der Waals surface area contributed by atoms with Gasteiger partial charge in [-0.3, -0.25) is 9.78 Å². The minimum atomic E-state index is -4.67. The van der Waals surface area contributed by atoms with E-state index in [1.54, 1.807) is 36.7 Å². The van der Waals surface area contributed by atoms with E-state index in [4.69, 9.17) is 0 Å². The zero-order valence-electron chi connectivity index (χ0n) is 13.5. The highest BCUT2D eigenvalue weighted by atomic mass is 19.4. The number of ketones is 1. The fraction of sp³-hybridized carbons (Fsp3) is 0.222. The fourth-order valence-electron chi connectivity index (χ4n) is 2.37. The van der Waals surface area contributed by atoms with Crippen LogP contribution in [0.15, 0.2) is 53.3 Å². The van der Waals surface area contributed by atoms with Crippen molar-refractivity contribution in [3.63, 3.8) is 0 Å². The molecule has 0 bridgehead atoms. The predicted molar refractivity (Wildman–Crippen MR) is 86.0 cm³/mol. The molecule has 0 fully saturated rings. The van der Waals surface area contributed by atoms with Gasteiger partial charge in [-0.25, -0.2) is 0 Å². The third kappa shape index (κ3) is 4.53. The van der Waals surface area contributed by atoms with E-state index >= 15 is 0 Å². The molecular formula is C18H14F3N3O2. The van der Waals surface area contributed by atoms with Gasteiger partial charge in [0.2, 0.25) is 5.82 Å². The van der Waals surface area contributed by atoms with Crippen molar-refractivity contribution in [1.82, 2.24) is 15.1 Å². The summed E-state index contributed by atoms with van der Waals surface area (Å²) in [5.41, 5.74) is 2.15. The summed E-state index contributed by atoms with van der Waals surface area (Å²) in [7, 11) is 0. The number of carbonyl (C=O) groups excluding carboxylic acids is 1. The Bertz CT molecular complexity index is 875. The van der Waals surface area contributed by atoms with Gasteiger partial charge < -0.3 is 4.52 Å². The van der Waals surface area contributed by atoms with Crippen LogP contribution in [0.3, 0.4) is 0 Å². The molecule has 0 atom stereocenters. The maximum atomic E-state index is 12.5. The molecule has 8 heteroatoms. The number of aryl methyl sites for hydroxylation is 1. The van der Waals surface area contributed by atoms with Gasteiger partial charge in [0, 0.05) is 30.8 Å². The molecule has 0 saturated carbocycles. The van der Waals surface area contributed by atoms with E-state index < -0.39 is 12.1 Å². The van der Waals surface area contributed by atoms with Crippen LogP contribution in [0.4, 0.5) is 13.2 Å². The Labute approximate surface area is 146 Å². The van der Waals surface area contributed by atoms with E-state index in [1.165, 1.54) is 0 Å².